The predicted molar refractivity (Wildman–Crippen MR) is 87.0 cm³/mol. The van der Waals surface area contributed by atoms with Gasteiger partial charge in [-0.15, -0.1) is 0 Å². The molecule has 2 heteroatoms. The van der Waals surface area contributed by atoms with Crippen molar-refractivity contribution in [3.8, 4) is 0 Å². The zero-order chi connectivity index (χ0) is 14.6. The standard InChI is InChI=1S/C18H33NO/c1-4-7-9-16(6-3)15-17(19-13-5-2)11-12-18-10-8-14-20-18/h8,10,14,16-17,19H,4-7,9,11-13,15H2,1-3H3. The molecule has 1 aromatic heterocycles. The van der Waals surface area contributed by atoms with Crippen molar-refractivity contribution in [2.24, 2.45) is 5.92 Å². The normalized spacial score (nSPS) is 14.3. The van der Waals surface area contributed by atoms with E-state index in [2.05, 4.69) is 32.2 Å². The Balaban J connectivity index is 2.40. The molecule has 0 bridgehead atoms. The van der Waals surface area contributed by atoms with E-state index in [9.17, 15) is 0 Å². The van der Waals surface area contributed by atoms with Gasteiger partial charge < -0.3 is 9.73 Å². The van der Waals surface area contributed by atoms with Crippen LogP contribution < -0.4 is 5.32 Å². The first kappa shape index (κ1) is 17.3. The van der Waals surface area contributed by atoms with Crippen LogP contribution in [0.15, 0.2) is 22.8 Å². The number of hydrogen-bond acceptors (Lipinski definition) is 2. The SMILES string of the molecule is CCCCC(CC)CC(CCc1ccco1)NCCC. The summed E-state index contributed by atoms with van der Waals surface area (Å²) in [7, 11) is 0. The Kier molecular flexibility index (Phi) is 9.48. The van der Waals surface area contributed by atoms with Crippen molar-refractivity contribution >= 4 is 0 Å². The predicted octanol–water partition coefficient (Wildman–Crippen LogP) is 5.19. The Morgan fingerprint density at radius 1 is 1.15 bits per heavy atom. The summed E-state index contributed by atoms with van der Waals surface area (Å²) in [4.78, 5) is 0. The first-order valence-corrected chi connectivity index (χ1v) is 8.55. The molecule has 2 unspecified atom stereocenters. The van der Waals surface area contributed by atoms with Gasteiger partial charge in [-0.1, -0.05) is 46.5 Å². The largest absolute Gasteiger partial charge is 0.469 e. The summed E-state index contributed by atoms with van der Waals surface area (Å²) in [6.07, 6.45) is 11.9. The molecule has 0 aliphatic rings. The second-order valence-corrected chi connectivity index (χ2v) is 5.92. The van der Waals surface area contributed by atoms with Crippen LogP contribution in [0.4, 0.5) is 0 Å². The molecule has 0 fully saturated rings. The molecular formula is C18H33NO. The van der Waals surface area contributed by atoms with Gasteiger partial charge in [-0.25, -0.2) is 0 Å². The summed E-state index contributed by atoms with van der Waals surface area (Å²) in [5.74, 6) is 2.00. The molecule has 0 aliphatic heterocycles. The van der Waals surface area contributed by atoms with Gasteiger partial charge in [0.25, 0.3) is 0 Å². The molecule has 1 rings (SSSR count). The number of rotatable bonds is 12. The third kappa shape index (κ3) is 7.14. The van der Waals surface area contributed by atoms with Gasteiger partial charge in [0, 0.05) is 12.5 Å². The molecule has 0 aromatic carbocycles. The third-order valence-electron chi connectivity index (χ3n) is 4.16. The maximum Gasteiger partial charge on any atom is 0.103 e. The van der Waals surface area contributed by atoms with Crippen LogP contribution in [-0.4, -0.2) is 12.6 Å². The summed E-state index contributed by atoms with van der Waals surface area (Å²) in [6.45, 7) is 8.00. The molecule has 0 saturated heterocycles. The highest BCUT2D eigenvalue weighted by Gasteiger charge is 2.15. The average molecular weight is 279 g/mol. The van der Waals surface area contributed by atoms with E-state index in [4.69, 9.17) is 4.42 Å². The number of unbranched alkanes of at least 4 members (excludes halogenated alkanes) is 1. The highest BCUT2D eigenvalue weighted by Crippen LogP contribution is 2.21. The minimum absolute atomic E-state index is 0.641. The topological polar surface area (TPSA) is 25.2 Å². The van der Waals surface area contributed by atoms with E-state index >= 15 is 0 Å². The van der Waals surface area contributed by atoms with Crippen molar-refractivity contribution in [2.45, 2.75) is 78.2 Å². The van der Waals surface area contributed by atoms with Crippen LogP contribution in [0.1, 0.15) is 71.5 Å². The van der Waals surface area contributed by atoms with Crippen molar-refractivity contribution in [1.29, 1.82) is 0 Å². The molecule has 1 aromatic rings. The van der Waals surface area contributed by atoms with Crippen LogP contribution in [0.5, 0.6) is 0 Å². The van der Waals surface area contributed by atoms with Gasteiger partial charge in [-0.3, -0.25) is 0 Å². The molecule has 2 nitrogen and oxygen atoms in total. The highest BCUT2D eigenvalue weighted by molar-refractivity contribution is 4.98. The van der Waals surface area contributed by atoms with E-state index in [-0.39, 0.29) is 0 Å². The highest BCUT2D eigenvalue weighted by atomic mass is 16.3. The van der Waals surface area contributed by atoms with E-state index in [1.807, 2.05) is 6.07 Å². The Morgan fingerprint density at radius 2 is 2.00 bits per heavy atom. The van der Waals surface area contributed by atoms with Crippen LogP contribution in [-0.2, 0) is 6.42 Å². The Bertz CT molecular complexity index is 307. The molecular weight excluding hydrogens is 246 g/mol. The molecule has 20 heavy (non-hydrogen) atoms. The lowest BCUT2D eigenvalue weighted by Gasteiger charge is -2.23. The molecule has 0 saturated carbocycles. The Morgan fingerprint density at radius 3 is 2.60 bits per heavy atom. The van der Waals surface area contributed by atoms with E-state index < -0.39 is 0 Å². The average Bonchev–Trinajstić information content (AvgIpc) is 2.98. The van der Waals surface area contributed by atoms with Crippen molar-refractivity contribution in [3.05, 3.63) is 24.2 Å². The fourth-order valence-corrected chi connectivity index (χ4v) is 2.81. The van der Waals surface area contributed by atoms with Crippen LogP contribution in [0.3, 0.4) is 0 Å². The molecule has 0 amide bonds. The minimum atomic E-state index is 0.641. The lowest BCUT2D eigenvalue weighted by molar-refractivity contribution is 0.332. The van der Waals surface area contributed by atoms with Crippen molar-refractivity contribution < 1.29 is 4.42 Å². The monoisotopic (exact) mass is 279 g/mol. The molecule has 116 valence electrons. The second-order valence-electron chi connectivity index (χ2n) is 5.92. The summed E-state index contributed by atoms with van der Waals surface area (Å²) in [5, 5.41) is 3.73. The fourth-order valence-electron chi connectivity index (χ4n) is 2.81. The summed E-state index contributed by atoms with van der Waals surface area (Å²) in [5.41, 5.74) is 0. The maximum atomic E-state index is 5.46. The molecule has 0 radical (unpaired) electrons. The lowest BCUT2D eigenvalue weighted by atomic mass is 9.90. The van der Waals surface area contributed by atoms with Gasteiger partial charge in [-0.05, 0) is 43.9 Å². The van der Waals surface area contributed by atoms with E-state index in [1.165, 1.54) is 44.9 Å². The number of aryl methyl sites for hydroxylation is 1. The quantitative estimate of drug-likeness (QED) is 0.570. The van der Waals surface area contributed by atoms with E-state index in [1.54, 1.807) is 6.26 Å². The maximum absolute atomic E-state index is 5.46. The van der Waals surface area contributed by atoms with Crippen molar-refractivity contribution in [3.63, 3.8) is 0 Å². The van der Waals surface area contributed by atoms with Crippen LogP contribution >= 0.6 is 0 Å². The summed E-state index contributed by atoms with van der Waals surface area (Å²) < 4.78 is 5.46. The fraction of sp³-hybridized carbons (Fsp3) is 0.778. The molecule has 2 atom stereocenters. The van der Waals surface area contributed by atoms with Crippen LogP contribution in [0, 0.1) is 5.92 Å². The number of nitrogens with one attached hydrogen (secondary N) is 1. The minimum Gasteiger partial charge on any atom is -0.469 e. The summed E-state index contributed by atoms with van der Waals surface area (Å²) in [6, 6.07) is 4.72. The zero-order valence-electron chi connectivity index (χ0n) is 13.7. The van der Waals surface area contributed by atoms with E-state index in [0.29, 0.717) is 6.04 Å². The van der Waals surface area contributed by atoms with Gasteiger partial charge in [0.05, 0.1) is 6.26 Å². The van der Waals surface area contributed by atoms with Gasteiger partial charge in [0.2, 0.25) is 0 Å². The Labute approximate surface area is 125 Å². The second kappa shape index (κ2) is 11.0. The van der Waals surface area contributed by atoms with Gasteiger partial charge in [-0.2, -0.15) is 0 Å². The van der Waals surface area contributed by atoms with E-state index in [0.717, 1.165) is 24.6 Å². The number of furan rings is 1. The smallest absolute Gasteiger partial charge is 0.103 e. The van der Waals surface area contributed by atoms with Crippen LogP contribution in [0.25, 0.3) is 0 Å². The molecule has 1 heterocycles. The Hall–Kier alpha value is -0.760. The number of hydrogen-bond donors (Lipinski definition) is 1. The van der Waals surface area contributed by atoms with Crippen molar-refractivity contribution in [1.82, 2.24) is 5.32 Å². The lowest BCUT2D eigenvalue weighted by Crippen LogP contribution is -2.32. The van der Waals surface area contributed by atoms with Gasteiger partial charge in [0.1, 0.15) is 5.76 Å². The van der Waals surface area contributed by atoms with Gasteiger partial charge in [0.15, 0.2) is 0 Å². The summed E-state index contributed by atoms with van der Waals surface area (Å²) >= 11 is 0. The zero-order valence-corrected chi connectivity index (χ0v) is 13.7. The van der Waals surface area contributed by atoms with Crippen molar-refractivity contribution in [2.75, 3.05) is 6.54 Å². The third-order valence-corrected chi connectivity index (χ3v) is 4.16. The van der Waals surface area contributed by atoms with Gasteiger partial charge >= 0.3 is 0 Å². The first-order valence-electron chi connectivity index (χ1n) is 8.55. The molecule has 0 spiro atoms. The molecule has 0 aliphatic carbocycles. The molecule has 1 N–H and O–H groups in total. The first-order chi connectivity index (χ1) is 9.80. The van der Waals surface area contributed by atoms with Crippen LogP contribution in [0.2, 0.25) is 0 Å².